The molecule has 2 aromatic carbocycles. The highest BCUT2D eigenvalue weighted by Crippen LogP contribution is 2.32. The van der Waals surface area contributed by atoms with Gasteiger partial charge in [0.2, 0.25) is 0 Å². The average molecular weight is 385 g/mol. The second-order valence-corrected chi connectivity index (χ2v) is 6.23. The van der Waals surface area contributed by atoms with Crippen LogP contribution in [0.2, 0.25) is 0 Å². The monoisotopic (exact) mass is 385 g/mol. The number of hydrogen-bond acceptors (Lipinski definition) is 6. The molecule has 0 aliphatic heterocycles. The molecule has 2 N–H and O–H groups in total. The van der Waals surface area contributed by atoms with E-state index in [1.807, 2.05) is 60.7 Å². The van der Waals surface area contributed by atoms with Crippen LogP contribution in [0, 0.1) is 5.41 Å². The first kappa shape index (κ1) is 18.4. The number of amidine groups is 1. The summed E-state index contributed by atoms with van der Waals surface area (Å²) < 4.78 is 10.7. The van der Waals surface area contributed by atoms with Crippen LogP contribution in [-0.4, -0.2) is 35.0 Å². The van der Waals surface area contributed by atoms with Crippen molar-refractivity contribution in [1.29, 1.82) is 5.41 Å². The first-order valence-electron chi connectivity index (χ1n) is 8.95. The number of anilines is 1. The summed E-state index contributed by atoms with van der Waals surface area (Å²) in [6, 6.07) is 18.8. The number of pyridine rings is 1. The number of fused-ring (bicyclic) bond motifs is 1. The van der Waals surface area contributed by atoms with Crippen LogP contribution in [0.4, 0.5) is 5.82 Å². The lowest BCUT2D eigenvalue weighted by atomic mass is 10.1. The van der Waals surface area contributed by atoms with Gasteiger partial charge in [0.15, 0.2) is 23.0 Å². The summed E-state index contributed by atoms with van der Waals surface area (Å²) in [5.41, 5.74) is 3.54. The third-order valence-electron chi connectivity index (χ3n) is 4.40. The highest BCUT2D eigenvalue weighted by Gasteiger charge is 2.10. The second-order valence-electron chi connectivity index (χ2n) is 6.23. The first-order valence-corrected chi connectivity index (χ1v) is 8.95. The summed E-state index contributed by atoms with van der Waals surface area (Å²) in [6.45, 7) is 0. The third kappa shape index (κ3) is 3.84. The predicted octanol–water partition coefficient (Wildman–Crippen LogP) is 4.15. The topological polar surface area (TPSA) is 93.0 Å². The van der Waals surface area contributed by atoms with Gasteiger partial charge in [0.05, 0.1) is 26.1 Å². The van der Waals surface area contributed by atoms with Gasteiger partial charge in [-0.05, 0) is 30.3 Å². The second kappa shape index (κ2) is 7.93. The predicted molar refractivity (Wildman–Crippen MR) is 113 cm³/mol. The molecule has 0 aliphatic carbocycles. The summed E-state index contributed by atoms with van der Waals surface area (Å²) in [7, 11) is 3.20. The van der Waals surface area contributed by atoms with Crippen LogP contribution in [0.5, 0.6) is 11.5 Å². The Hall–Kier alpha value is -4.00. The molecule has 0 aliphatic rings. The van der Waals surface area contributed by atoms with Gasteiger partial charge in [-0.1, -0.05) is 30.3 Å². The molecule has 0 bridgehead atoms. The fourth-order valence-corrected chi connectivity index (χ4v) is 2.92. The molecule has 0 saturated heterocycles. The van der Waals surface area contributed by atoms with Crippen molar-refractivity contribution >= 4 is 22.8 Å². The zero-order valence-electron chi connectivity index (χ0n) is 16.0. The molecule has 144 valence electrons. The minimum atomic E-state index is 0.246. The van der Waals surface area contributed by atoms with Crippen LogP contribution in [0.3, 0.4) is 0 Å². The molecule has 4 rings (SSSR count). The molecular formula is C22H19N5O2. The van der Waals surface area contributed by atoms with Crippen LogP contribution in [0.15, 0.2) is 66.9 Å². The third-order valence-corrected chi connectivity index (χ3v) is 4.40. The zero-order chi connectivity index (χ0) is 20.2. The molecule has 7 heteroatoms. The van der Waals surface area contributed by atoms with E-state index in [1.165, 1.54) is 0 Å². The summed E-state index contributed by atoms with van der Waals surface area (Å²) in [4.78, 5) is 13.6. The summed E-state index contributed by atoms with van der Waals surface area (Å²) in [5, 5.41) is 11.2. The maximum atomic E-state index is 8.21. The molecule has 0 amide bonds. The summed E-state index contributed by atoms with van der Waals surface area (Å²) in [6.07, 6.45) is 1.59. The number of ether oxygens (including phenoxy) is 2. The van der Waals surface area contributed by atoms with E-state index in [4.69, 9.17) is 14.9 Å². The lowest BCUT2D eigenvalue weighted by Gasteiger charge is -2.10. The van der Waals surface area contributed by atoms with Gasteiger partial charge >= 0.3 is 0 Å². The van der Waals surface area contributed by atoms with Crippen molar-refractivity contribution in [2.75, 3.05) is 19.5 Å². The van der Waals surface area contributed by atoms with E-state index in [0.717, 1.165) is 16.8 Å². The molecule has 0 unspecified atom stereocenters. The normalized spacial score (nSPS) is 10.6. The SMILES string of the molecule is COc1ccc(-c2ccc3ncc(NC(=N)c4ccccc4)nc3n2)cc1OC. The van der Waals surface area contributed by atoms with Crippen LogP contribution >= 0.6 is 0 Å². The van der Waals surface area contributed by atoms with Crippen LogP contribution in [-0.2, 0) is 0 Å². The molecule has 0 saturated carbocycles. The smallest absolute Gasteiger partial charge is 0.180 e. The van der Waals surface area contributed by atoms with Crippen molar-refractivity contribution in [3.63, 3.8) is 0 Å². The number of aromatic nitrogens is 3. The minimum Gasteiger partial charge on any atom is -0.493 e. The van der Waals surface area contributed by atoms with Gasteiger partial charge in [0, 0.05) is 11.1 Å². The number of nitrogens with zero attached hydrogens (tertiary/aromatic N) is 3. The van der Waals surface area contributed by atoms with E-state index >= 15 is 0 Å². The van der Waals surface area contributed by atoms with E-state index in [9.17, 15) is 0 Å². The van der Waals surface area contributed by atoms with Gasteiger partial charge in [-0.15, -0.1) is 0 Å². The molecule has 0 radical (unpaired) electrons. The van der Waals surface area contributed by atoms with E-state index in [2.05, 4.69) is 20.3 Å². The van der Waals surface area contributed by atoms with Gasteiger partial charge in [-0.2, -0.15) is 0 Å². The quantitative estimate of drug-likeness (QED) is 0.396. The van der Waals surface area contributed by atoms with E-state index < -0.39 is 0 Å². The molecular weight excluding hydrogens is 366 g/mol. The molecule has 7 nitrogen and oxygen atoms in total. The van der Waals surface area contributed by atoms with Crippen LogP contribution < -0.4 is 14.8 Å². The standard InChI is InChI=1S/C22H19N5O2/c1-28-18-11-8-15(12-19(18)29-2)16-9-10-17-22(25-16)27-20(13-24-17)26-21(23)14-6-4-3-5-7-14/h3-13H,1-2H3,(H2,23,25,26,27). The maximum absolute atomic E-state index is 8.21. The first-order chi connectivity index (χ1) is 14.2. The summed E-state index contributed by atoms with van der Waals surface area (Å²) >= 11 is 0. The Labute approximate surface area is 167 Å². The Morgan fingerprint density at radius 1 is 0.897 bits per heavy atom. The average Bonchev–Trinajstić information content (AvgIpc) is 2.78. The molecule has 4 aromatic rings. The van der Waals surface area contributed by atoms with Gasteiger partial charge in [-0.3, -0.25) is 5.41 Å². The van der Waals surface area contributed by atoms with Gasteiger partial charge in [0.25, 0.3) is 0 Å². The van der Waals surface area contributed by atoms with E-state index in [1.54, 1.807) is 20.4 Å². The highest BCUT2D eigenvalue weighted by molar-refractivity contribution is 6.05. The van der Waals surface area contributed by atoms with E-state index in [0.29, 0.717) is 28.5 Å². The Balaban J connectivity index is 1.66. The minimum absolute atomic E-state index is 0.246. The largest absolute Gasteiger partial charge is 0.493 e. The molecule has 0 fully saturated rings. The van der Waals surface area contributed by atoms with Gasteiger partial charge in [0.1, 0.15) is 11.4 Å². The Morgan fingerprint density at radius 2 is 1.69 bits per heavy atom. The fourth-order valence-electron chi connectivity index (χ4n) is 2.92. The zero-order valence-corrected chi connectivity index (χ0v) is 16.0. The van der Waals surface area contributed by atoms with Crippen molar-refractivity contribution in [2.45, 2.75) is 0 Å². The summed E-state index contributed by atoms with van der Waals surface area (Å²) in [5.74, 6) is 1.99. The number of hydrogen-bond donors (Lipinski definition) is 2. The van der Waals surface area contributed by atoms with Crippen LogP contribution in [0.25, 0.3) is 22.4 Å². The molecule has 0 spiro atoms. The molecule has 29 heavy (non-hydrogen) atoms. The van der Waals surface area contributed by atoms with E-state index in [-0.39, 0.29) is 5.84 Å². The van der Waals surface area contributed by atoms with Crippen molar-refractivity contribution in [1.82, 2.24) is 15.0 Å². The van der Waals surface area contributed by atoms with Gasteiger partial charge in [-0.25, -0.2) is 15.0 Å². The van der Waals surface area contributed by atoms with Gasteiger partial charge < -0.3 is 14.8 Å². The van der Waals surface area contributed by atoms with Crippen molar-refractivity contribution in [3.8, 4) is 22.8 Å². The number of nitrogens with one attached hydrogen (secondary N) is 2. The lowest BCUT2D eigenvalue weighted by molar-refractivity contribution is 0.355. The van der Waals surface area contributed by atoms with Crippen molar-refractivity contribution in [3.05, 3.63) is 72.4 Å². The molecule has 2 aromatic heterocycles. The Kier molecular flexibility index (Phi) is 5.03. The van der Waals surface area contributed by atoms with Crippen molar-refractivity contribution in [2.24, 2.45) is 0 Å². The number of methoxy groups -OCH3 is 2. The fraction of sp³-hybridized carbons (Fsp3) is 0.0909. The van der Waals surface area contributed by atoms with Crippen molar-refractivity contribution < 1.29 is 9.47 Å². The Bertz CT molecular complexity index is 1180. The highest BCUT2D eigenvalue weighted by atomic mass is 16.5. The van der Waals surface area contributed by atoms with Crippen LogP contribution in [0.1, 0.15) is 5.56 Å². The number of rotatable bonds is 5. The maximum Gasteiger partial charge on any atom is 0.180 e. The molecule has 2 heterocycles. The molecule has 0 atom stereocenters. The lowest BCUT2D eigenvalue weighted by Crippen LogP contribution is -2.13. The number of benzene rings is 2. The Morgan fingerprint density at radius 3 is 2.45 bits per heavy atom.